The van der Waals surface area contributed by atoms with E-state index in [2.05, 4.69) is 24.4 Å². The molecule has 4 nitrogen and oxygen atoms in total. The van der Waals surface area contributed by atoms with Gasteiger partial charge < -0.3 is 4.74 Å². The lowest BCUT2D eigenvalue weighted by Gasteiger charge is -2.14. The lowest BCUT2D eigenvalue weighted by atomic mass is 10.1. The van der Waals surface area contributed by atoms with Crippen LogP contribution in [0.5, 0.6) is 5.75 Å². The lowest BCUT2D eigenvalue weighted by Crippen LogP contribution is -2.34. The maximum atomic E-state index is 12.0. The van der Waals surface area contributed by atoms with Crippen LogP contribution < -0.4 is 10.2 Å². The van der Waals surface area contributed by atoms with Gasteiger partial charge in [-0.2, -0.15) is 5.10 Å². The minimum atomic E-state index is -0.702. The maximum Gasteiger partial charge on any atom is 0.280 e. The second-order valence-corrected chi connectivity index (χ2v) is 5.83. The quantitative estimate of drug-likeness (QED) is 0.542. The van der Waals surface area contributed by atoms with Crippen molar-refractivity contribution in [3.63, 3.8) is 0 Å². The molecule has 122 valence electrons. The smallest absolute Gasteiger partial charge is 0.280 e. The number of halogens is 2. The SMILES string of the molecule is CCCC(CCC)=NNC(=O)C(C)Oc1ccc(Cl)cc1Cl. The van der Waals surface area contributed by atoms with Gasteiger partial charge >= 0.3 is 0 Å². The van der Waals surface area contributed by atoms with Crippen LogP contribution >= 0.6 is 23.2 Å². The number of benzene rings is 1. The largest absolute Gasteiger partial charge is 0.479 e. The van der Waals surface area contributed by atoms with Crippen molar-refractivity contribution in [2.24, 2.45) is 5.10 Å². The van der Waals surface area contributed by atoms with E-state index in [0.29, 0.717) is 15.8 Å². The molecule has 0 radical (unpaired) electrons. The Labute approximate surface area is 141 Å². The lowest BCUT2D eigenvalue weighted by molar-refractivity contribution is -0.127. The monoisotopic (exact) mass is 344 g/mol. The molecule has 1 aromatic rings. The Kier molecular flexibility index (Phi) is 8.28. The van der Waals surface area contributed by atoms with E-state index >= 15 is 0 Å². The van der Waals surface area contributed by atoms with E-state index in [1.807, 2.05) is 0 Å². The molecule has 0 fully saturated rings. The molecule has 0 aliphatic heterocycles. The minimum absolute atomic E-state index is 0.310. The van der Waals surface area contributed by atoms with Crippen LogP contribution in [0.3, 0.4) is 0 Å². The number of nitrogens with zero attached hydrogens (tertiary/aromatic N) is 1. The normalized spacial score (nSPS) is 11.7. The van der Waals surface area contributed by atoms with Gasteiger partial charge in [0.25, 0.3) is 5.91 Å². The molecule has 0 spiro atoms. The number of rotatable bonds is 8. The summed E-state index contributed by atoms with van der Waals surface area (Å²) in [6.45, 7) is 5.82. The van der Waals surface area contributed by atoms with Crippen molar-refractivity contribution in [1.82, 2.24) is 5.43 Å². The van der Waals surface area contributed by atoms with Crippen molar-refractivity contribution in [2.45, 2.75) is 52.6 Å². The molecule has 0 heterocycles. The topological polar surface area (TPSA) is 50.7 Å². The number of carbonyl (C=O) groups is 1. The predicted molar refractivity (Wildman–Crippen MR) is 91.9 cm³/mol. The molecule has 1 N–H and O–H groups in total. The summed E-state index contributed by atoms with van der Waals surface area (Å²) < 4.78 is 5.54. The minimum Gasteiger partial charge on any atom is -0.479 e. The van der Waals surface area contributed by atoms with Crippen LogP contribution in [-0.4, -0.2) is 17.7 Å². The van der Waals surface area contributed by atoms with Gasteiger partial charge in [0.2, 0.25) is 0 Å². The molecule has 0 aliphatic rings. The van der Waals surface area contributed by atoms with E-state index in [0.717, 1.165) is 31.4 Å². The Hall–Kier alpha value is -1.26. The molecule has 0 aromatic heterocycles. The summed E-state index contributed by atoms with van der Waals surface area (Å²) in [5, 5.41) is 5.07. The number of hydrogen-bond acceptors (Lipinski definition) is 3. The number of hydrogen-bond donors (Lipinski definition) is 1. The standard InChI is InChI=1S/C16H22Cl2N2O2/c1-4-6-13(7-5-2)19-20-16(21)11(3)22-15-9-8-12(17)10-14(15)18/h8-11H,4-7H2,1-3H3,(H,20,21). The van der Waals surface area contributed by atoms with Crippen molar-refractivity contribution >= 4 is 34.8 Å². The zero-order valence-corrected chi connectivity index (χ0v) is 14.7. The Morgan fingerprint density at radius 3 is 2.45 bits per heavy atom. The Morgan fingerprint density at radius 2 is 1.91 bits per heavy atom. The highest BCUT2D eigenvalue weighted by molar-refractivity contribution is 6.35. The summed E-state index contributed by atoms with van der Waals surface area (Å²) in [5.41, 5.74) is 3.55. The second kappa shape index (κ2) is 9.70. The first kappa shape index (κ1) is 18.8. The van der Waals surface area contributed by atoms with Crippen molar-refractivity contribution < 1.29 is 9.53 Å². The second-order valence-electron chi connectivity index (χ2n) is 4.99. The van der Waals surface area contributed by atoms with Crippen LogP contribution in [0.4, 0.5) is 0 Å². The fraction of sp³-hybridized carbons (Fsp3) is 0.500. The molecule has 0 saturated carbocycles. The molecule has 0 bridgehead atoms. The van der Waals surface area contributed by atoms with Gasteiger partial charge in [0.05, 0.1) is 5.02 Å². The van der Waals surface area contributed by atoms with E-state index < -0.39 is 6.10 Å². The Morgan fingerprint density at radius 1 is 1.27 bits per heavy atom. The summed E-state index contributed by atoms with van der Waals surface area (Å²) in [6, 6.07) is 4.87. The average molecular weight is 345 g/mol. The van der Waals surface area contributed by atoms with Gasteiger partial charge in [0.15, 0.2) is 6.10 Å². The van der Waals surface area contributed by atoms with Crippen LogP contribution in [0.2, 0.25) is 10.0 Å². The third-order valence-electron chi connectivity index (χ3n) is 2.97. The highest BCUT2D eigenvalue weighted by Crippen LogP contribution is 2.28. The third-order valence-corrected chi connectivity index (χ3v) is 3.50. The zero-order valence-electron chi connectivity index (χ0n) is 13.2. The number of amides is 1. The van der Waals surface area contributed by atoms with E-state index in [1.165, 1.54) is 0 Å². The molecular formula is C16H22Cl2N2O2. The first-order valence-corrected chi connectivity index (χ1v) is 8.20. The zero-order chi connectivity index (χ0) is 16.5. The predicted octanol–water partition coefficient (Wildman–Crippen LogP) is 4.83. The first-order chi connectivity index (χ1) is 10.5. The third kappa shape index (κ3) is 6.24. The van der Waals surface area contributed by atoms with Crippen LogP contribution in [-0.2, 0) is 4.79 Å². The molecule has 6 heteroatoms. The summed E-state index contributed by atoms with van der Waals surface area (Å²) in [6.07, 6.45) is 3.06. The summed E-state index contributed by atoms with van der Waals surface area (Å²) >= 11 is 11.8. The van der Waals surface area contributed by atoms with E-state index in [9.17, 15) is 4.79 Å². The van der Waals surface area contributed by atoms with Crippen molar-refractivity contribution in [2.75, 3.05) is 0 Å². The number of nitrogens with one attached hydrogen (secondary N) is 1. The van der Waals surface area contributed by atoms with Crippen LogP contribution in [0.15, 0.2) is 23.3 Å². The molecule has 0 aliphatic carbocycles. The van der Waals surface area contributed by atoms with Gasteiger partial charge in [-0.1, -0.05) is 49.9 Å². The average Bonchev–Trinajstić information content (AvgIpc) is 2.47. The number of hydrazone groups is 1. The van der Waals surface area contributed by atoms with Crippen LogP contribution in [0, 0.1) is 0 Å². The van der Waals surface area contributed by atoms with Gasteiger partial charge in [-0.25, -0.2) is 5.43 Å². The van der Waals surface area contributed by atoms with Gasteiger partial charge in [-0.05, 0) is 38.0 Å². The van der Waals surface area contributed by atoms with Crippen molar-refractivity contribution in [3.8, 4) is 5.75 Å². The fourth-order valence-electron chi connectivity index (χ4n) is 1.85. The van der Waals surface area contributed by atoms with Gasteiger partial charge in [0.1, 0.15) is 5.75 Å². The molecule has 1 rings (SSSR count). The molecule has 1 atom stereocenters. The van der Waals surface area contributed by atoms with Crippen LogP contribution in [0.25, 0.3) is 0 Å². The molecule has 1 amide bonds. The van der Waals surface area contributed by atoms with Crippen LogP contribution in [0.1, 0.15) is 46.5 Å². The van der Waals surface area contributed by atoms with Gasteiger partial charge in [0, 0.05) is 10.7 Å². The highest BCUT2D eigenvalue weighted by atomic mass is 35.5. The first-order valence-electron chi connectivity index (χ1n) is 7.44. The summed E-state index contributed by atoms with van der Waals surface area (Å²) in [4.78, 5) is 12.0. The highest BCUT2D eigenvalue weighted by Gasteiger charge is 2.16. The molecule has 22 heavy (non-hydrogen) atoms. The Bertz CT molecular complexity index is 525. The number of carbonyl (C=O) groups excluding carboxylic acids is 1. The molecule has 1 aromatic carbocycles. The molecule has 1 unspecified atom stereocenters. The van der Waals surface area contributed by atoms with E-state index in [1.54, 1.807) is 25.1 Å². The van der Waals surface area contributed by atoms with Crippen molar-refractivity contribution in [3.05, 3.63) is 28.2 Å². The molecule has 0 saturated heterocycles. The Balaban J connectivity index is 2.62. The number of ether oxygens (including phenoxy) is 1. The van der Waals surface area contributed by atoms with Gasteiger partial charge in [-0.15, -0.1) is 0 Å². The van der Waals surface area contributed by atoms with Gasteiger partial charge in [-0.3, -0.25) is 4.79 Å². The maximum absolute atomic E-state index is 12.0. The fourth-order valence-corrected chi connectivity index (χ4v) is 2.31. The summed E-state index contributed by atoms with van der Waals surface area (Å²) in [7, 11) is 0. The van der Waals surface area contributed by atoms with E-state index in [4.69, 9.17) is 27.9 Å². The molecular weight excluding hydrogens is 323 g/mol. The van der Waals surface area contributed by atoms with Crippen molar-refractivity contribution in [1.29, 1.82) is 0 Å². The summed E-state index contributed by atoms with van der Waals surface area (Å²) in [5.74, 6) is 0.107. The van der Waals surface area contributed by atoms with E-state index in [-0.39, 0.29) is 5.91 Å².